The maximum Gasteiger partial charge on any atom is 0.256 e. The van der Waals surface area contributed by atoms with E-state index in [1.54, 1.807) is 23.2 Å². The zero-order valence-electron chi connectivity index (χ0n) is 15.0. The Labute approximate surface area is 156 Å². The van der Waals surface area contributed by atoms with E-state index in [0.717, 1.165) is 54.7 Å². The molecule has 27 heavy (non-hydrogen) atoms. The molecule has 5 nitrogen and oxygen atoms in total. The van der Waals surface area contributed by atoms with Gasteiger partial charge < -0.3 is 9.30 Å². The summed E-state index contributed by atoms with van der Waals surface area (Å²) in [6, 6.07) is 9.49. The average Bonchev–Trinajstić information content (AvgIpc) is 3.08. The van der Waals surface area contributed by atoms with Crippen molar-refractivity contribution in [2.24, 2.45) is 0 Å². The molecule has 0 radical (unpaired) electrons. The highest BCUT2D eigenvalue weighted by molar-refractivity contribution is 5.86. The van der Waals surface area contributed by atoms with Crippen molar-refractivity contribution in [2.45, 2.75) is 38.5 Å². The van der Waals surface area contributed by atoms with E-state index in [9.17, 15) is 8.78 Å². The van der Waals surface area contributed by atoms with E-state index in [-0.39, 0.29) is 12.6 Å². The minimum absolute atomic E-state index is 0.140. The van der Waals surface area contributed by atoms with Crippen LogP contribution >= 0.6 is 0 Å². The minimum atomic E-state index is -2.37. The van der Waals surface area contributed by atoms with Crippen LogP contribution in [0.15, 0.2) is 48.9 Å². The summed E-state index contributed by atoms with van der Waals surface area (Å²) in [5, 5.41) is 8.62. The molecule has 1 aromatic carbocycles. The van der Waals surface area contributed by atoms with E-state index in [2.05, 4.69) is 15.1 Å². The number of likely N-dealkylation sites (tertiary alicyclic amines) is 1. The van der Waals surface area contributed by atoms with Crippen LogP contribution in [-0.4, -0.2) is 45.3 Å². The first-order valence-corrected chi connectivity index (χ1v) is 9.19. The summed E-state index contributed by atoms with van der Waals surface area (Å²) in [5.41, 5.74) is 1.95. The third-order valence-electron chi connectivity index (χ3n) is 4.99. The number of nitrogens with zero attached hydrogens (tertiary/aromatic N) is 4. The van der Waals surface area contributed by atoms with Crippen LogP contribution in [0.1, 0.15) is 18.4 Å². The number of benzene rings is 1. The Morgan fingerprint density at radius 2 is 1.96 bits per heavy atom. The van der Waals surface area contributed by atoms with Gasteiger partial charge in [-0.05, 0) is 42.7 Å². The molecule has 7 heteroatoms. The smallest absolute Gasteiger partial charge is 0.256 e. The van der Waals surface area contributed by atoms with Gasteiger partial charge in [-0.1, -0.05) is 6.07 Å². The van der Waals surface area contributed by atoms with Gasteiger partial charge in [0.1, 0.15) is 11.9 Å². The summed E-state index contributed by atoms with van der Waals surface area (Å²) in [4.78, 5) is 2.39. The standard InChI is InChI=1S/C20H22F2N4O/c21-20(22)14-26-11-7-17-18(26)2-1-3-19(17)27-16-5-9-25(10-6-16)13-15-4-8-23-24-12-15/h1-4,7-8,11-12,16,20H,5-6,9-10,13-14H2. The summed E-state index contributed by atoms with van der Waals surface area (Å²) in [6.45, 7) is 2.48. The number of ether oxygens (including phenoxy) is 1. The van der Waals surface area contributed by atoms with Crippen LogP contribution in [0.3, 0.4) is 0 Å². The fourth-order valence-corrected chi connectivity index (χ4v) is 3.64. The third-order valence-corrected chi connectivity index (χ3v) is 4.99. The van der Waals surface area contributed by atoms with Crippen LogP contribution in [0.2, 0.25) is 0 Å². The van der Waals surface area contributed by atoms with Crippen molar-refractivity contribution in [3.05, 3.63) is 54.5 Å². The van der Waals surface area contributed by atoms with Gasteiger partial charge >= 0.3 is 0 Å². The summed E-state index contributed by atoms with van der Waals surface area (Å²) >= 11 is 0. The van der Waals surface area contributed by atoms with Crippen LogP contribution in [0.4, 0.5) is 8.78 Å². The molecule has 1 aliphatic heterocycles. The van der Waals surface area contributed by atoms with Crippen LogP contribution in [0.5, 0.6) is 5.75 Å². The second-order valence-electron chi connectivity index (χ2n) is 6.89. The van der Waals surface area contributed by atoms with Crippen molar-refractivity contribution in [2.75, 3.05) is 13.1 Å². The van der Waals surface area contributed by atoms with E-state index in [1.165, 1.54) is 0 Å². The Hall–Kier alpha value is -2.54. The summed E-state index contributed by atoms with van der Waals surface area (Å²) in [6.07, 6.45) is 4.86. The van der Waals surface area contributed by atoms with Gasteiger partial charge in [-0.2, -0.15) is 10.2 Å². The van der Waals surface area contributed by atoms with Gasteiger partial charge in [0, 0.05) is 37.4 Å². The van der Waals surface area contributed by atoms with Gasteiger partial charge in [-0.3, -0.25) is 4.90 Å². The van der Waals surface area contributed by atoms with Crippen LogP contribution in [-0.2, 0) is 13.1 Å². The molecule has 0 atom stereocenters. The molecule has 0 unspecified atom stereocenters. The van der Waals surface area contributed by atoms with Crippen molar-refractivity contribution >= 4 is 10.9 Å². The van der Waals surface area contributed by atoms with E-state index in [0.29, 0.717) is 0 Å². The van der Waals surface area contributed by atoms with Crippen molar-refractivity contribution in [1.82, 2.24) is 19.7 Å². The number of hydrogen-bond acceptors (Lipinski definition) is 4. The van der Waals surface area contributed by atoms with E-state index in [4.69, 9.17) is 4.74 Å². The highest BCUT2D eigenvalue weighted by Crippen LogP contribution is 2.29. The van der Waals surface area contributed by atoms with Crippen molar-refractivity contribution in [3.8, 4) is 5.75 Å². The topological polar surface area (TPSA) is 43.2 Å². The highest BCUT2D eigenvalue weighted by atomic mass is 19.3. The molecule has 3 heterocycles. The van der Waals surface area contributed by atoms with E-state index >= 15 is 0 Å². The summed E-state index contributed by atoms with van der Waals surface area (Å²) < 4.78 is 33.3. The Bertz CT molecular complexity index is 876. The van der Waals surface area contributed by atoms with Gasteiger partial charge in [-0.15, -0.1) is 0 Å². The maximum absolute atomic E-state index is 12.7. The van der Waals surface area contributed by atoms with Gasteiger partial charge in [0.15, 0.2) is 0 Å². The Morgan fingerprint density at radius 1 is 1.11 bits per heavy atom. The maximum atomic E-state index is 12.7. The zero-order chi connectivity index (χ0) is 18.6. The second kappa shape index (κ2) is 8.00. The molecule has 0 aliphatic carbocycles. The molecule has 1 fully saturated rings. The molecular formula is C20H22F2N4O. The number of piperidine rings is 1. The van der Waals surface area contributed by atoms with E-state index < -0.39 is 6.43 Å². The van der Waals surface area contributed by atoms with Crippen LogP contribution in [0.25, 0.3) is 10.9 Å². The molecule has 1 saturated heterocycles. The largest absolute Gasteiger partial charge is 0.490 e. The Balaban J connectivity index is 1.38. The predicted octanol–water partition coefficient (Wildman–Crippen LogP) is 3.74. The molecule has 3 aromatic rings. The van der Waals surface area contributed by atoms with Gasteiger partial charge in [0.05, 0.1) is 18.3 Å². The molecule has 0 spiro atoms. The fraction of sp³-hybridized carbons (Fsp3) is 0.400. The Morgan fingerprint density at radius 3 is 2.70 bits per heavy atom. The third kappa shape index (κ3) is 4.24. The van der Waals surface area contributed by atoms with Gasteiger partial charge in [-0.25, -0.2) is 8.78 Å². The summed E-state index contributed by atoms with van der Waals surface area (Å²) in [7, 11) is 0. The molecule has 0 amide bonds. The molecular weight excluding hydrogens is 350 g/mol. The first-order chi connectivity index (χ1) is 13.2. The van der Waals surface area contributed by atoms with Crippen molar-refractivity contribution in [1.29, 1.82) is 0 Å². The first kappa shape index (κ1) is 17.9. The number of aromatic nitrogens is 3. The molecule has 142 valence electrons. The normalized spacial score (nSPS) is 16.3. The average molecular weight is 372 g/mol. The lowest BCUT2D eigenvalue weighted by molar-refractivity contribution is 0.0979. The molecule has 0 saturated carbocycles. The first-order valence-electron chi connectivity index (χ1n) is 9.19. The highest BCUT2D eigenvalue weighted by Gasteiger charge is 2.21. The lowest BCUT2D eigenvalue weighted by Gasteiger charge is -2.32. The van der Waals surface area contributed by atoms with Gasteiger partial charge in [0.25, 0.3) is 6.43 Å². The van der Waals surface area contributed by atoms with Gasteiger partial charge in [0.2, 0.25) is 0 Å². The molecule has 2 aromatic heterocycles. The minimum Gasteiger partial charge on any atom is -0.490 e. The second-order valence-corrected chi connectivity index (χ2v) is 6.89. The monoisotopic (exact) mass is 372 g/mol. The SMILES string of the molecule is FC(F)Cn1ccc2c(OC3CCN(Cc4ccnnc4)CC3)cccc21. The number of hydrogen-bond donors (Lipinski definition) is 0. The fourth-order valence-electron chi connectivity index (χ4n) is 3.64. The van der Waals surface area contributed by atoms with Crippen LogP contribution in [0, 0.1) is 0 Å². The Kier molecular flexibility index (Phi) is 5.29. The number of fused-ring (bicyclic) bond motifs is 1. The molecule has 0 N–H and O–H groups in total. The quantitative estimate of drug-likeness (QED) is 0.661. The lowest BCUT2D eigenvalue weighted by atomic mass is 10.1. The predicted molar refractivity (Wildman–Crippen MR) is 98.9 cm³/mol. The number of rotatable bonds is 6. The molecule has 4 rings (SSSR count). The van der Waals surface area contributed by atoms with Crippen molar-refractivity contribution in [3.63, 3.8) is 0 Å². The van der Waals surface area contributed by atoms with Crippen molar-refractivity contribution < 1.29 is 13.5 Å². The molecule has 1 aliphatic rings. The summed E-state index contributed by atoms with van der Waals surface area (Å²) in [5.74, 6) is 0.775. The molecule has 0 bridgehead atoms. The van der Waals surface area contributed by atoms with E-state index in [1.807, 2.05) is 30.3 Å². The zero-order valence-corrected chi connectivity index (χ0v) is 15.0. The van der Waals surface area contributed by atoms with Crippen LogP contribution < -0.4 is 4.74 Å². The number of halogens is 2. The number of alkyl halides is 2. The lowest BCUT2D eigenvalue weighted by Crippen LogP contribution is -2.37.